The lowest BCUT2D eigenvalue weighted by Gasteiger charge is -2.26. The fourth-order valence-corrected chi connectivity index (χ4v) is 4.97. The van der Waals surface area contributed by atoms with Gasteiger partial charge in [0.2, 0.25) is 23.5 Å². The van der Waals surface area contributed by atoms with E-state index in [0.29, 0.717) is 18.7 Å². The molecule has 1 aromatic carbocycles. The zero-order valence-corrected chi connectivity index (χ0v) is 25.0. The average molecular weight is 609 g/mol. The molecule has 1 aromatic heterocycles. The number of ketones is 1. The Labute approximate surface area is 256 Å². The number of carbonyl (C=O) groups is 6. The summed E-state index contributed by atoms with van der Waals surface area (Å²) in [5, 5.41) is 22.1. The number of carbonyl (C=O) groups excluding carboxylic acids is 5. The third kappa shape index (κ3) is 10.2. The van der Waals surface area contributed by atoms with Gasteiger partial charge in [0.25, 0.3) is 5.91 Å². The van der Waals surface area contributed by atoms with Crippen molar-refractivity contribution in [2.24, 2.45) is 11.8 Å². The number of rotatable bonds is 15. The monoisotopic (exact) mass is 608 g/mol. The van der Waals surface area contributed by atoms with Crippen molar-refractivity contribution in [2.45, 2.75) is 70.6 Å². The zero-order chi connectivity index (χ0) is 32.2. The number of carboxylic acid groups (broad SMARTS) is 1. The van der Waals surface area contributed by atoms with Crippen molar-refractivity contribution >= 4 is 35.5 Å². The van der Waals surface area contributed by atoms with Gasteiger partial charge < -0.3 is 31.7 Å². The summed E-state index contributed by atoms with van der Waals surface area (Å²) < 4.78 is 0. The van der Waals surface area contributed by atoms with E-state index in [2.05, 4.69) is 31.6 Å². The Morgan fingerprint density at radius 3 is 2.14 bits per heavy atom. The summed E-state index contributed by atoms with van der Waals surface area (Å²) >= 11 is 0. The molecule has 5 amide bonds. The molecule has 1 saturated heterocycles. The van der Waals surface area contributed by atoms with E-state index in [0.717, 1.165) is 5.56 Å². The largest absolute Gasteiger partial charge is 0.465 e. The van der Waals surface area contributed by atoms with E-state index >= 15 is 0 Å². The van der Waals surface area contributed by atoms with Crippen LogP contribution in [0.25, 0.3) is 0 Å². The van der Waals surface area contributed by atoms with E-state index < -0.39 is 59.7 Å². The number of hydrogen-bond donors (Lipinski definition) is 6. The van der Waals surface area contributed by atoms with Gasteiger partial charge in [-0.15, -0.1) is 0 Å². The first kappa shape index (κ1) is 33.7. The van der Waals surface area contributed by atoms with Gasteiger partial charge in [-0.2, -0.15) is 0 Å². The second kappa shape index (κ2) is 16.1. The predicted octanol–water partition coefficient (Wildman–Crippen LogP) is 1.25. The number of nitrogens with one attached hydrogen (secondary N) is 5. The van der Waals surface area contributed by atoms with Gasteiger partial charge in [0.15, 0.2) is 0 Å². The molecule has 0 aliphatic carbocycles. The second-order valence-corrected chi connectivity index (χ2v) is 11.3. The van der Waals surface area contributed by atoms with Gasteiger partial charge in [-0.3, -0.25) is 29.0 Å². The topological polar surface area (TPSA) is 196 Å². The number of hydrogen-bond acceptors (Lipinski definition) is 7. The maximum atomic E-state index is 13.6. The number of Topliss-reactive ketones (excluding diaryl/α,β-unsaturated/α-hetero) is 1. The van der Waals surface area contributed by atoms with Crippen LogP contribution in [0.2, 0.25) is 0 Å². The summed E-state index contributed by atoms with van der Waals surface area (Å²) in [6.07, 6.45) is 0.508. The van der Waals surface area contributed by atoms with Gasteiger partial charge in [-0.25, -0.2) is 4.79 Å². The van der Waals surface area contributed by atoms with Crippen LogP contribution in [0.5, 0.6) is 0 Å². The molecule has 0 spiro atoms. The van der Waals surface area contributed by atoms with Crippen LogP contribution in [0.15, 0.2) is 54.7 Å². The van der Waals surface area contributed by atoms with Crippen LogP contribution in [0.1, 0.15) is 57.3 Å². The highest BCUT2D eigenvalue weighted by atomic mass is 16.4. The average Bonchev–Trinajstić information content (AvgIpc) is 3.39. The Bertz CT molecular complexity index is 1320. The lowest BCUT2D eigenvalue weighted by molar-refractivity contribution is -0.141. The third-order valence-corrected chi connectivity index (χ3v) is 7.28. The van der Waals surface area contributed by atoms with Crippen molar-refractivity contribution in [2.75, 3.05) is 6.54 Å². The van der Waals surface area contributed by atoms with Crippen molar-refractivity contribution < 1.29 is 33.9 Å². The fraction of sp³-hybridized carbons (Fsp3) is 0.452. The van der Waals surface area contributed by atoms with Gasteiger partial charge in [-0.05, 0) is 49.8 Å². The summed E-state index contributed by atoms with van der Waals surface area (Å²) in [5.74, 6) is -4.29. The molecule has 2 heterocycles. The molecule has 2 aromatic rings. The quantitative estimate of drug-likeness (QED) is 0.162. The standard InChI is InChI=1S/C31H40N6O7/c1-18(2)15-24(36-29(41)25(37-31(43)44)17-22-11-7-8-13-32-22)28(40)35-23(16-21-12-14-33-27(21)39)26(38)30(42)34-19(3)20-9-5-4-6-10-20/h4-11,13,18-19,21,23-25,37H,12,14-17H2,1-3H3,(H,33,39)(H,34,42)(H,35,40)(H,36,41)(H,43,44)/t19-,21-,23-,24-,25-/m0/s1. The second-order valence-electron chi connectivity index (χ2n) is 11.3. The summed E-state index contributed by atoms with van der Waals surface area (Å²) in [6, 6.07) is 9.80. The lowest BCUT2D eigenvalue weighted by Crippen LogP contribution is -2.57. The molecule has 0 radical (unpaired) electrons. The van der Waals surface area contributed by atoms with Crippen LogP contribution in [0.3, 0.4) is 0 Å². The molecule has 44 heavy (non-hydrogen) atoms. The van der Waals surface area contributed by atoms with Crippen molar-refractivity contribution in [3.8, 4) is 0 Å². The summed E-state index contributed by atoms with van der Waals surface area (Å²) in [5.41, 5.74) is 1.24. The van der Waals surface area contributed by atoms with Crippen molar-refractivity contribution in [3.05, 3.63) is 66.0 Å². The first-order valence-electron chi connectivity index (χ1n) is 14.6. The molecule has 0 unspecified atom stereocenters. The Kier molecular flexibility index (Phi) is 12.4. The van der Waals surface area contributed by atoms with Crippen LogP contribution < -0.4 is 26.6 Å². The minimum atomic E-state index is -1.43. The molecule has 5 atom stereocenters. The van der Waals surface area contributed by atoms with E-state index in [1.54, 1.807) is 49.4 Å². The third-order valence-electron chi connectivity index (χ3n) is 7.28. The van der Waals surface area contributed by atoms with Gasteiger partial charge in [0, 0.05) is 30.8 Å². The van der Waals surface area contributed by atoms with Crippen LogP contribution in [-0.2, 0) is 30.4 Å². The van der Waals surface area contributed by atoms with Crippen LogP contribution in [0, 0.1) is 11.8 Å². The summed E-state index contributed by atoms with van der Waals surface area (Å²) in [7, 11) is 0. The normalized spacial score (nSPS) is 17.0. The highest BCUT2D eigenvalue weighted by Crippen LogP contribution is 2.18. The number of aromatic nitrogens is 1. The zero-order valence-electron chi connectivity index (χ0n) is 25.0. The number of nitrogens with zero attached hydrogens (tertiary/aromatic N) is 1. The van der Waals surface area contributed by atoms with Gasteiger partial charge in [-0.1, -0.05) is 50.2 Å². The first-order valence-corrected chi connectivity index (χ1v) is 14.6. The number of pyridine rings is 1. The summed E-state index contributed by atoms with van der Waals surface area (Å²) in [4.78, 5) is 81.2. The van der Waals surface area contributed by atoms with Crippen molar-refractivity contribution in [1.82, 2.24) is 31.6 Å². The van der Waals surface area contributed by atoms with Gasteiger partial charge >= 0.3 is 6.09 Å². The molecule has 0 bridgehead atoms. The molecule has 6 N–H and O–H groups in total. The minimum Gasteiger partial charge on any atom is -0.465 e. The Balaban J connectivity index is 1.78. The van der Waals surface area contributed by atoms with E-state index in [-0.39, 0.29) is 31.1 Å². The molecule has 3 rings (SSSR count). The van der Waals surface area contributed by atoms with Gasteiger partial charge in [0.1, 0.15) is 12.1 Å². The molecule has 236 valence electrons. The number of amides is 5. The SMILES string of the molecule is CC(C)C[C@H](NC(=O)[C@H](Cc1ccccn1)NC(=O)O)C(=O)N[C@@H](C[C@@H]1CCNC1=O)C(=O)C(=O)N[C@@H](C)c1ccccc1. The fourth-order valence-electron chi connectivity index (χ4n) is 4.97. The Morgan fingerprint density at radius 2 is 1.55 bits per heavy atom. The van der Waals surface area contributed by atoms with Gasteiger partial charge in [0.05, 0.1) is 12.1 Å². The molecular formula is C31H40N6O7. The predicted molar refractivity (Wildman–Crippen MR) is 160 cm³/mol. The minimum absolute atomic E-state index is 0.0628. The molecule has 13 nitrogen and oxygen atoms in total. The molecular weight excluding hydrogens is 568 g/mol. The highest BCUT2D eigenvalue weighted by molar-refractivity contribution is 6.38. The van der Waals surface area contributed by atoms with Crippen LogP contribution in [0.4, 0.5) is 4.79 Å². The first-order chi connectivity index (χ1) is 20.9. The highest BCUT2D eigenvalue weighted by Gasteiger charge is 2.36. The van der Waals surface area contributed by atoms with E-state index in [1.807, 2.05) is 19.9 Å². The molecule has 1 aliphatic heterocycles. The Hall–Kier alpha value is -4.81. The van der Waals surface area contributed by atoms with E-state index in [1.165, 1.54) is 6.20 Å². The molecule has 1 aliphatic rings. The maximum Gasteiger partial charge on any atom is 0.405 e. The molecule has 1 fully saturated rings. The number of benzene rings is 1. The maximum absolute atomic E-state index is 13.6. The van der Waals surface area contributed by atoms with E-state index in [4.69, 9.17) is 0 Å². The molecule has 13 heteroatoms. The van der Waals surface area contributed by atoms with Crippen molar-refractivity contribution in [3.63, 3.8) is 0 Å². The summed E-state index contributed by atoms with van der Waals surface area (Å²) in [6.45, 7) is 5.80. The van der Waals surface area contributed by atoms with Crippen LogP contribution in [-0.4, -0.2) is 70.3 Å². The van der Waals surface area contributed by atoms with Crippen molar-refractivity contribution in [1.29, 1.82) is 0 Å². The Morgan fingerprint density at radius 1 is 0.886 bits per heavy atom. The van der Waals surface area contributed by atoms with E-state index in [9.17, 15) is 33.9 Å². The smallest absolute Gasteiger partial charge is 0.405 e. The van der Waals surface area contributed by atoms with Crippen LogP contribution >= 0.6 is 0 Å². The molecule has 0 saturated carbocycles. The lowest BCUT2D eigenvalue weighted by atomic mass is 9.94.